The summed E-state index contributed by atoms with van der Waals surface area (Å²) in [5.74, 6) is 0.339. The number of aryl methyl sites for hydroxylation is 2. The number of benzene rings is 2. The lowest BCUT2D eigenvalue weighted by molar-refractivity contribution is -0.384. The monoisotopic (exact) mass is 354 g/mol. The number of nitrogens with one attached hydrogen (secondary N) is 1. The van der Waals surface area contributed by atoms with E-state index in [4.69, 9.17) is 4.74 Å². The Morgan fingerprint density at radius 1 is 1.12 bits per heavy atom. The molecule has 2 aromatic rings. The number of nitrogens with zero attached hydrogens (tertiary/aromatic N) is 1. The molecule has 0 aliphatic heterocycles. The smallest absolute Gasteiger partial charge is 0.407 e. The van der Waals surface area contributed by atoms with Gasteiger partial charge in [-0.3, -0.25) is 10.1 Å². The SMILES string of the molecule is O=C(NCC1CCc2ccc([N+](=O)[O-])cc2CC1)OCc1ccccc1. The second-order valence-corrected chi connectivity index (χ2v) is 6.60. The molecular formula is C20H22N2O4. The Kier molecular flexibility index (Phi) is 5.84. The van der Waals surface area contributed by atoms with E-state index in [2.05, 4.69) is 5.32 Å². The quantitative estimate of drug-likeness (QED) is 0.499. The number of amides is 1. The van der Waals surface area contributed by atoms with Crippen LogP contribution >= 0.6 is 0 Å². The zero-order valence-corrected chi connectivity index (χ0v) is 14.5. The third-order valence-electron chi connectivity index (χ3n) is 4.79. The second kappa shape index (κ2) is 8.47. The predicted octanol–water partition coefficient (Wildman–Crippen LogP) is 4.02. The molecule has 1 aliphatic carbocycles. The van der Waals surface area contributed by atoms with Crippen molar-refractivity contribution in [3.8, 4) is 0 Å². The molecule has 3 rings (SSSR count). The summed E-state index contributed by atoms with van der Waals surface area (Å²) in [6.45, 7) is 0.816. The van der Waals surface area contributed by atoms with Gasteiger partial charge in [-0.15, -0.1) is 0 Å². The molecule has 136 valence electrons. The van der Waals surface area contributed by atoms with Crippen molar-refractivity contribution in [1.82, 2.24) is 5.32 Å². The van der Waals surface area contributed by atoms with E-state index < -0.39 is 6.09 Å². The van der Waals surface area contributed by atoms with E-state index in [9.17, 15) is 14.9 Å². The first kappa shape index (κ1) is 17.9. The van der Waals surface area contributed by atoms with Crippen molar-refractivity contribution < 1.29 is 14.5 Å². The van der Waals surface area contributed by atoms with E-state index in [0.29, 0.717) is 12.5 Å². The van der Waals surface area contributed by atoms with E-state index in [1.54, 1.807) is 12.1 Å². The summed E-state index contributed by atoms with van der Waals surface area (Å²) < 4.78 is 5.23. The molecule has 6 heteroatoms. The van der Waals surface area contributed by atoms with Gasteiger partial charge in [0.2, 0.25) is 0 Å². The molecule has 2 aromatic carbocycles. The Labute approximate surface area is 152 Å². The van der Waals surface area contributed by atoms with Crippen LogP contribution in [0.5, 0.6) is 0 Å². The minimum absolute atomic E-state index is 0.143. The minimum atomic E-state index is -0.411. The minimum Gasteiger partial charge on any atom is -0.445 e. The third-order valence-corrected chi connectivity index (χ3v) is 4.79. The average molecular weight is 354 g/mol. The summed E-state index contributed by atoms with van der Waals surface area (Å²) in [7, 11) is 0. The number of alkyl carbamates (subject to hydrolysis) is 1. The Bertz CT molecular complexity index is 777. The molecule has 1 atom stereocenters. The highest BCUT2D eigenvalue weighted by Crippen LogP contribution is 2.27. The average Bonchev–Trinajstić information content (AvgIpc) is 2.87. The van der Waals surface area contributed by atoms with Crippen molar-refractivity contribution in [2.45, 2.75) is 32.3 Å². The summed E-state index contributed by atoms with van der Waals surface area (Å²) in [6, 6.07) is 14.7. The summed E-state index contributed by atoms with van der Waals surface area (Å²) in [4.78, 5) is 22.4. The van der Waals surface area contributed by atoms with Gasteiger partial charge in [-0.1, -0.05) is 36.4 Å². The van der Waals surface area contributed by atoms with Crippen molar-refractivity contribution in [2.24, 2.45) is 5.92 Å². The largest absolute Gasteiger partial charge is 0.445 e. The Morgan fingerprint density at radius 3 is 2.58 bits per heavy atom. The fourth-order valence-corrected chi connectivity index (χ4v) is 3.27. The van der Waals surface area contributed by atoms with Gasteiger partial charge in [0.1, 0.15) is 6.61 Å². The molecule has 1 unspecified atom stereocenters. The number of nitro benzene ring substituents is 1. The first-order valence-corrected chi connectivity index (χ1v) is 8.82. The summed E-state index contributed by atoms with van der Waals surface area (Å²) in [6.07, 6.45) is 3.10. The molecule has 0 aromatic heterocycles. The number of carbonyl (C=O) groups is 1. The number of hydrogen-bond acceptors (Lipinski definition) is 4. The van der Waals surface area contributed by atoms with Crippen LogP contribution in [-0.2, 0) is 24.2 Å². The molecule has 0 saturated heterocycles. The van der Waals surface area contributed by atoms with Crippen LogP contribution in [0.25, 0.3) is 0 Å². The van der Waals surface area contributed by atoms with E-state index in [0.717, 1.165) is 36.8 Å². The first-order chi connectivity index (χ1) is 12.6. The lowest BCUT2D eigenvalue weighted by Gasteiger charge is -2.14. The molecule has 1 N–H and O–H groups in total. The number of hydrogen-bond donors (Lipinski definition) is 1. The summed E-state index contributed by atoms with van der Waals surface area (Å²) in [5.41, 5.74) is 3.32. The Morgan fingerprint density at radius 2 is 1.85 bits per heavy atom. The summed E-state index contributed by atoms with van der Waals surface area (Å²) in [5, 5.41) is 13.8. The standard InChI is InChI=1S/C20H22N2O4/c23-20(26-14-16-4-2-1-3-5-16)21-13-15-6-8-17-10-11-19(22(24)25)12-18(17)9-7-15/h1-5,10-12,15H,6-9,13-14H2,(H,21,23). The van der Waals surface area contributed by atoms with Gasteiger partial charge in [0, 0.05) is 18.7 Å². The fourth-order valence-electron chi connectivity index (χ4n) is 3.27. The van der Waals surface area contributed by atoms with Crippen LogP contribution in [-0.4, -0.2) is 17.6 Å². The molecular weight excluding hydrogens is 332 g/mol. The lowest BCUT2D eigenvalue weighted by atomic mass is 10.00. The van der Waals surface area contributed by atoms with Gasteiger partial charge in [-0.05, 0) is 48.3 Å². The molecule has 1 aliphatic rings. The number of ether oxygens (including phenoxy) is 1. The lowest BCUT2D eigenvalue weighted by Crippen LogP contribution is -2.30. The maximum absolute atomic E-state index is 11.9. The van der Waals surface area contributed by atoms with Crippen LogP contribution in [0.1, 0.15) is 29.5 Å². The molecule has 0 bridgehead atoms. The van der Waals surface area contributed by atoms with Gasteiger partial charge in [0.25, 0.3) is 5.69 Å². The second-order valence-electron chi connectivity index (χ2n) is 6.60. The van der Waals surface area contributed by atoms with Crippen molar-refractivity contribution >= 4 is 11.8 Å². The predicted molar refractivity (Wildman–Crippen MR) is 97.9 cm³/mol. The number of carbonyl (C=O) groups excluding carboxylic acids is 1. The normalized spacial score (nSPS) is 16.2. The van der Waals surface area contributed by atoms with Crippen LogP contribution in [0.3, 0.4) is 0 Å². The highest BCUT2D eigenvalue weighted by Gasteiger charge is 2.19. The van der Waals surface area contributed by atoms with Gasteiger partial charge in [0.15, 0.2) is 0 Å². The Hall–Kier alpha value is -2.89. The fraction of sp³-hybridized carbons (Fsp3) is 0.350. The van der Waals surface area contributed by atoms with Crippen LogP contribution in [0.2, 0.25) is 0 Å². The van der Waals surface area contributed by atoms with Gasteiger partial charge >= 0.3 is 6.09 Å². The molecule has 0 radical (unpaired) electrons. The van der Waals surface area contributed by atoms with Crippen LogP contribution in [0, 0.1) is 16.0 Å². The topological polar surface area (TPSA) is 81.5 Å². The molecule has 0 heterocycles. The van der Waals surface area contributed by atoms with E-state index in [1.807, 2.05) is 36.4 Å². The highest BCUT2D eigenvalue weighted by molar-refractivity contribution is 5.67. The number of fused-ring (bicyclic) bond motifs is 1. The third kappa shape index (κ3) is 4.81. The van der Waals surface area contributed by atoms with Gasteiger partial charge < -0.3 is 10.1 Å². The van der Waals surface area contributed by atoms with Crippen LogP contribution < -0.4 is 5.32 Å². The number of non-ortho nitro benzene ring substituents is 1. The van der Waals surface area contributed by atoms with Crippen molar-refractivity contribution in [3.63, 3.8) is 0 Å². The number of nitro groups is 1. The maximum atomic E-state index is 11.9. The molecule has 0 fully saturated rings. The molecule has 1 amide bonds. The van der Waals surface area contributed by atoms with E-state index in [-0.39, 0.29) is 17.2 Å². The zero-order valence-electron chi connectivity index (χ0n) is 14.5. The molecule has 0 saturated carbocycles. The zero-order chi connectivity index (χ0) is 18.4. The molecule has 26 heavy (non-hydrogen) atoms. The van der Waals surface area contributed by atoms with Gasteiger partial charge in [-0.25, -0.2) is 4.79 Å². The van der Waals surface area contributed by atoms with Crippen molar-refractivity contribution in [3.05, 3.63) is 75.3 Å². The van der Waals surface area contributed by atoms with Crippen LogP contribution in [0.4, 0.5) is 10.5 Å². The van der Waals surface area contributed by atoms with Crippen LogP contribution in [0.15, 0.2) is 48.5 Å². The van der Waals surface area contributed by atoms with Gasteiger partial charge in [0.05, 0.1) is 4.92 Å². The van der Waals surface area contributed by atoms with Crippen molar-refractivity contribution in [1.29, 1.82) is 0 Å². The summed E-state index contributed by atoms with van der Waals surface area (Å²) >= 11 is 0. The molecule has 0 spiro atoms. The number of rotatable bonds is 5. The highest BCUT2D eigenvalue weighted by atomic mass is 16.6. The first-order valence-electron chi connectivity index (χ1n) is 8.82. The van der Waals surface area contributed by atoms with Gasteiger partial charge in [-0.2, -0.15) is 0 Å². The van der Waals surface area contributed by atoms with E-state index >= 15 is 0 Å². The van der Waals surface area contributed by atoms with E-state index in [1.165, 1.54) is 5.56 Å². The van der Waals surface area contributed by atoms with Crippen molar-refractivity contribution in [2.75, 3.05) is 6.54 Å². The molecule has 6 nitrogen and oxygen atoms in total. The Balaban J connectivity index is 1.46. The maximum Gasteiger partial charge on any atom is 0.407 e.